The highest BCUT2D eigenvalue weighted by Gasteiger charge is 2.19. The standard InChI is InChI=1S/C32H28N2.C26H23N3/c1-4-21(2)24-12-7-8-14-26(24)27-20-28-30(19-22(27)3)34(31-15-9-10-18-33-31)29-17-16-23-11-5-6-13-25(23)32(28)29;1-19-15-16-23-22(17-19)13-8-14-24(23)25(27)29-26(21-11-6-3-7-12-21)28-18-20-9-4-2-5-10-20/h5-21H,4H2,1-3H3;2-17H,18H2,1H3,(H2,27,28,29). The Hall–Kier alpha value is -7.63. The summed E-state index contributed by atoms with van der Waals surface area (Å²) in [5, 5.41) is 7.36. The lowest BCUT2D eigenvalue weighted by atomic mass is 9.88. The SMILES string of the molecule is CCC(C)c1ccccc1-c1cc2c3c4ccccc4ccc3n(-c3ccccn3)c2cc1C.Cc1ccc2c(C(N)=NC(=NCc3ccccc3)c3ccccc3)cccc2c1. The first-order valence-electron chi connectivity index (χ1n) is 21.8. The van der Waals surface area contributed by atoms with Crippen LogP contribution in [0.5, 0.6) is 0 Å². The summed E-state index contributed by atoms with van der Waals surface area (Å²) in [4.78, 5) is 14.2. The predicted molar refractivity (Wildman–Crippen MR) is 267 cm³/mol. The number of aryl methyl sites for hydroxylation is 2. The average molecular weight is 818 g/mol. The van der Waals surface area contributed by atoms with Crippen molar-refractivity contribution in [2.45, 2.75) is 46.6 Å². The first kappa shape index (κ1) is 40.8. The van der Waals surface area contributed by atoms with Crippen LogP contribution in [0.1, 0.15) is 59.6 Å². The second kappa shape index (κ2) is 18.2. The molecule has 10 rings (SSSR count). The zero-order chi connectivity index (χ0) is 43.3. The fourth-order valence-electron chi connectivity index (χ4n) is 8.68. The average Bonchev–Trinajstić information content (AvgIpc) is 3.66. The number of hydrogen-bond acceptors (Lipinski definition) is 2. The molecule has 0 spiro atoms. The number of pyridine rings is 1. The highest BCUT2D eigenvalue weighted by Crippen LogP contribution is 2.41. The van der Waals surface area contributed by atoms with Gasteiger partial charge in [-0.15, -0.1) is 0 Å². The summed E-state index contributed by atoms with van der Waals surface area (Å²) in [7, 11) is 0. The van der Waals surface area contributed by atoms with Crippen LogP contribution in [0.15, 0.2) is 204 Å². The third-order valence-corrected chi connectivity index (χ3v) is 12.1. The molecule has 2 heterocycles. The van der Waals surface area contributed by atoms with Crippen molar-refractivity contribution in [3.05, 3.63) is 228 Å². The summed E-state index contributed by atoms with van der Waals surface area (Å²) in [5.74, 6) is 2.57. The lowest BCUT2D eigenvalue weighted by Crippen LogP contribution is -2.17. The van der Waals surface area contributed by atoms with E-state index in [1.807, 2.05) is 72.9 Å². The molecule has 2 aromatic heterocycles. The summed E-state index contributed by atoms with van der Waals surface area (Å²) >= 11 is 0. The topological polar surface area (TPSA) is 68.6 Å². The summed E-state index contributed by atoms with van der Waals surface area (Å²) in [6.07, 6.45) is 3.00. The Morgan fingerprint density at radius 3 is 2.14 bits per heavy atom. The zero-order valence-corrected chi connectivity index (χ0v) is 36.3. The molecule has 2 N–H and O–H groups in total. The van der Waals surface area contributed by atoms with Gasteiger partial charge in [0, 0.05) is 28.1 Å². The molecule has 0 bridgehead atoms. The van der Waals surface area contributed by atoms with E-state index in [9.17, 15) is 0 Å². The molecule has 0 amide bonds. The van der Waals surface area contributed by atoms with Gasteiger partial charge < -0.3 is 5.73 Å². The highest BCUT2D eigenvalue weighted by atomic mass is 15.1. The van der Waals surface area contributed by atoms with Crippen molar-refractivity contribution in [1.82, 2.24) is 9.55 Å². The fraction of sp³-hybridized carbons (Fsp3) is 0.121. The molecule has 0 fully saturated rings. The van der Waals surface area contributed by atoms with E-state index in [4.69, 9.17) is 20.7 Å². The minimum absolute atomic E-state index is 0.468. The number of amidine groups is 2. The third-order valence-electron chi connectivity index (χ3n) is 12.1. The van der Waals surface area contributed by atoms with E-state index in [-0.39, 0.29) is 0 Å². The molecule has 5 nitrogen and oxygen atoms in total. The van der Waals surface area contributed by atoms with Gasteiger partial charge in [-0.2, -0.15) is 0 Å². The second-order valence-corrected chi connectivity index (χ2v) is 16.3. The minimum atomic E-state index is 0.468. The minimum Gasteiger partial charge on any atom is -0.383 e. The fourth-order valence-corrected chi connectivity index (χ4v) is 8.68. The molecule has 0 aliphatic carbocycles. The van der Waals surface area contributed by atoms with Gasteiger partial charge in [-0.25, -0.2) is 9.98 Å². The Morgan fingerprint density at radius 1 is 0.619 bits per heavy atom. The van der Waals surface area contributed by atoms with Gasteiger partial charge in [-0.1, -0.05) is 177 Å². The molecule has 1 atom stereocenters. The quantitative estimate of drug-likeness (QED) is 0.123. The number of hydrogen-bond donors (Lipinski definition) is 1. The van der Waals surface area contributed by atoms with Gasteiger partial charge in [0.1, 0.15) is 11.7 Å². The number of nitrogens with two attached hydrogens (primary N) is 1. The van der Waals surface area contributed by atoms with Crippen LogP contribution in [0.25, 0.3) is 60.3 Å². The van der Waals surface area contributed by atoms with Crippen molar-refractivity contribution in [2.24, 2.45) is 15.7 Å². The molecule has 0 aliphatic heterocycles. The molecular weight excluding hydrogens is 767 g/mol. The van der Waals surface area contributed by atoms with E-state index in [2.05, 4.69) is 154 Å². The van der Waals surface area contributed by atoms with E-state index in [1.165, 1.54) is 60.4 Å². The number of aromatic nitrogens is 2. The summed E-state index contributed by atoms with van der Waals surface area (Å²) in [6, 6.07) is 65.6. The molecule has 10 aromatic rings. The number of benzene rings is 8. The van der Waals surface area contributed by atoms with E-state index < -0.39 is 0 Å². The normalized spacial score (nSPS) is 12.4. The monoisotopic (exact) mass is 817 g/mol. The molecule has 63 heavy (non-hydrogen) atoms. The van der Waals surface area contributed by atoms with E-state index in [0.717, 1.165) is 39.7 Å². The number of rotatable bonds is 8. The van der Waals surface area contributed by atoms with Crippen molar-refractivity contribution in [1.29, 1.82) is 0 Å². The van der Waals surface area contributed by atoms with Gasteiger partial charge in [0.05, 0.1) is 17.6 Å². The molecule has 0 saturated carbocycles. The largest absolute Gasteiger partial charge is 0.383 e. The van der Waals surface area contributed by atoms with Crippen molar-refractivity contribution in [2.75, 3.05) is 0 Å². The Balaban J connectivity index is 0.000000162. The van der Waals surface area contributed by atoms with E-state index in [1.54, 1.807) is 0 Å². The Labute approximate surface area is 370 Å². The van der Waals surface area contributed by atoms with Gasteiger partial charge in [0.15, 0.2) is 5.84 Å². The lowest BCUT2D eigenvalue weighted by Gasteiger charge is -2.17. The summed E-state index contributed by atoms with van der Waals surface area (Å²) in [6.45, 7) is 9.47. The van der Waals surface area contributed by atoms with E-state index >= 15 is 0 Å². The molecule has 1 unspecified atom stereocenters. The molecule has 308 valence electrons. The van der Waals surface area contributed by atoms with Crippen molar-refractivity contribution in [3.8, 4) is 16.9 Å². The van der Waals surface area contributed by atoms with E-state index in [0.29, 0.717) is 24.1 Å². The number of fused-ring (bicyclic) bond motifs is 6. The first-order valence-corrected chi connectivity index (χ1v) is 21.8. The Morgan fingerprint density at radius 2 is 1.35 bits per heavy atom. The van der Waals surface area contributed by atoms with Crippen LogP contribution in [0, 0.1) is 13.8 Å². The van der Waals surface area contributed by atoms with Crippen molar-refractivity contribution in [3.63, 3.8) is 0 Å². The van der Waals surface area contributed by atoms with Crippen LogP contribution in [0.2, 0.25) is 0 Å². The van der Waals surface area contributed by atoms with Crippen LogP contribution < -0.4 is 5.73 Å². The number of nitrogens with zero attached hydrogens (tertiary/aromatic N) is 4. The molecule has 8 aromatic carbocycles. The Bertz CT molecular complexity index is 3270. The van der Waals surface area contributed by atoms with Crippen LogP contribution in [-0.2, 0) is 6.54 Å². The molecule has 0 aliphatic rings. The maximum atomic E-state index is 6.48. The summed E-state index contributed by atoms with van der Waals surface area (Å²) < 4.78 is 2.31. The van der Waals surface area contributed by atoms with Crippen LogP contribution in [0.4, 0.5) is 0 Å². The molecule has 0 radical (unpaired) electrons. The number of aliphatic imine (C=N–C) groups is 2. The van der Waals surface area contributed by atoms with Gasteiger partial charge in [-0.05, 0) is 106 Å². The third kappa shape index (κ3) is 8.38. The van der Waals surface area contributed by atoms with Gasteiger partial charge in [0.2, 0.25) is 0 Å². The van der Waals surface area contributed by atoms with Crippen molar-refractivity contribution >= 4 is 55.0 Å². The molecule has 0 saturated heterocycles. The van der Waals surface area contributed by atoms with Crippen LogP contribution in [-0.4, -0.2) is 21.2 Å². The Kier molecular flexibility index (Phi) is 11.7. The summed E-state index contributed by atoms with van der Waals surface area (Å²) in [5.41, 5.74) is 18.5. The van der Waals surface area contributed by atoms with Crippen LogP contribution >= 0.6 is 0 Å². The smallest absolute Gasteiger partial charge is 0.157 e. The van der Waals surface area contributed by atoms with Crippen molar-refractivity contribution < 1.29 is 0 Å². The lowest BCUT2D eigenvalue weighted by molar-refractivity contribution is 0.735. The highest BCUT2D eigenvalue weighted by molar-refractivity contribution is 6.22. The maximum Gasteiger partial charge on any atom is 0.157 e. The predicted octanol–water partition coefficient (Wildman–Crippen LogP) is 14.3. The molecule has 5 heteroatoms. The maximum absolute atomic E-state index is 6.48. The second-order valence-electron chi connectivity index (χ2n) is 16.3. The van der Waals surface area contributed by atoms with Crippen LogP contribution in [0.3, 0.4) is 0 Å². The van der Waals surface area contributed by atoms with Gasteiger partial charge in [-0.3, -0.25) is 9.56 Å². The molecular formula is C58H51N5. The zero-order valence-electron chi connectivity index (χ0n) is 36.3. The van der Waals surface area contributed by atoms with Gasteiger partial charge in [0.25, 0.3) is 0 Å². The van der Waals surface area contributed by atoms with Gasteiger partial charge >= 0.3 is 0 Å². The first-order chi connectivity index (χ1) is 30.9.